The molecule has 0 amide bonds. The molecule has 17 heavy (non-hydrogen) atoms. The third-order valence-corrected chi connectivity index (χ3v) is 3.13. The van der Waals surface area contributed by atoms with Gasteiger partial charge in [-0.05, 0) is 30.4 Å². The second-order valence-corrected chi connectivity index (χ2v) is 4.86. The van der Waals surface area contributed by atoms with Crippen molar-refractivity contribution in [1.29, 1.82) is 5.26 Å². The van der Waals surface area contributed by atoms with E-state index in [1.165, 1.54) is 5.56 Å². The van der Waals surface area contributed by atoms with Crippen LogP contribution in [0, 0.1) is 11.3 Å². The summed E-state index contributed by atoms with van der Waals surface area (Å²) >= 11 is 0. The van der Waals surface area contributed by atoms with Crippen molar-refractivity contribution in [3.05, 3.63) is 35.4 Å². The maximum Gasteiger partial charge on any atom is 0.121 e. The molecule has 0 aliphatic carbocycles. The predicted molar refractivity (Wildman–Crippen MR) is 71.8 cm³/mol. The molecule has 2 heteroatoms. The Bertz CT molecular complexity index is 373. The van der Waals surface area contributed by atoms with Gasteiger partial charge in [0.1, 0.15) is 6.04 Å². The van der Waals surface area contributed by atoms with E-state index in [1.54, 1.807) is 0 Å². The van der Waals surface area contributed by atoms with Gasteiger partial charge in [0.2, 0.25) is 0 Å². The van der Waals surface area contributed by atoms with Crippen LogP contribution in [-0.4, -0.2) is 6.04 Å². The lowest BCUT2D eigenvalue weighted by atomic mass is 9.99. The van der Waals surface area contributed by atoms with Gasteiger partial charge in [-0.1, -0.05) is 45.0 Å². The Hall–Kier alpha value is -1.33. The molecule has 1 aromatic rings. The fourth-order valence-electron chi connectivity index (χ4n) is 1.68. The lowest BCUT2D eigenvalue weighted by Gasteiger charge is -2.17. The summed E-state index contributed by atoms with van der Waals surface area (Å²) in [5, 5.41) is 12.5. The summed E-state index contributed by atoms with van der Waals surface area (Å²) < 4.78 is 0. The second kappa shape index (κ2) is 6.42. The SMILES string of the molecule is CCC(C)NC(C#N)c1ccc(C(C)C)cc1. The molecule has 0 saturated carbocycles. The van der Waals surface area contributed by atoms with Crippen LogP contribution in [0.25, 0.3) is 0 Å². The minimum atomic E-state index is -0.203. The van der Waals surface area contributed by atoms with Crippen LogP contribution in [0.1, 0.15) is 57.2 Å². The highest BCUT2D eigenvalue weighted by Gasteiger charge is 2.12. The molecular formula is C15H22N2. The standard InChI is InChI=1S/C15H22N2/c1-5-12(4)17-15(10-16)14-8-6-13(7-9-14)11(2)3/h6-9,11-12,15,17H,5H2,1-4H3. The van der Waals surface area contributed by atoms with Crippen LogP contribution in [0.4, 0.5) is 0 Å². The first-order chi connectivity index (χ1) is 8.08. The van der Waals surface area contributed by atoms with Gasteiger partial charge in [-0.25, -0.2) is 0 Å². The Morgan fingerprint density at radius 1 is 1.12 bits per heavy atom. The van der Waals surface area contributed by atoms with Gasteiger partial charge in [0.25, 0.3) is 0 Å². The van der Waals surface area contributed by atoms with Crippen molar-refractivity contribution >= 4 is 0 Å². The first-order valence-corrected chi connectivity index (χ1v) is 6.34. The van der Waals surface area contributed by atoms with Crippen LogP contribution in [0.2, 0.25) is 0 Å². The fraction of sp³-hybridized carbons (Fsp3) is 0.533. The third kappa shape index (κ3) is 3.87. The van der Waals surface area contributed by atoms with E-state index in [4.69, 9.17) is 0 Å². The summed E-state index contributed by atoms with van der Waals surface area (Å²) in [7, 11) is 0. The number of benzene rings is 1. The van der Waals surface area contributed by atoms with Crippen molar-refractivity contribution in [3.63, 3.8) is 0 Å². The molecule has 2 atom stereocenters. The topological polar surface area (TPSA) is 35.8 Å². The average molecular weight is 230 g/mol. The molecule has 1 N–H and O–H groups in total. The molecule has 92 valence electrons. The largest absolute Gasteiger partial charge is 0.296 e. The van der Waals surface area contributed by atoms with Gasteiger partial charge in [-0.15, -0.1) is 0 Å². The van der Waals surface area contributed by atoms with Gasteiger partial charge >= 0.3 is 0 Å². The Labute approximate surface area is 105 Å². The first kappa shape index (κ1) is 13.7. The van der Waals surface area contributed by atoms with Crippen molar-refractivity contribution in [2.24, 2.45) is 0 Å². The van der Waals surface area contributed by atoms with Crippen LogP contribution in [0.5, 0.6) is 0 Å². The van der Waals surface area contributed by atoms with Crippen molar-refractivity contribution in [2.45, 2.75) is 52.1 Å². The number of nitrogens with zero attached hydrogens (tertiary/aromatic N) is 1. The van der Waals surface area contributed by atoms with E-state index < -0.39 is 0 Å². The molecule has 1 rings (SSSR count). The van der Waals surface area contributed by atoms with Crippen LogP contribution in [-0.2, 0) is 0 Å². The molecule has 0 spiro atoms. The van der Waals surface area contributed by atoms with Crippen LogP contribution >= 0.6 is 0 Å². The summed E-state index contributed by atoms with van der Waals surface area (Å²) in [5.74, 6) is 0.534. The molecule has 0 fully saturated rings. The van der Waals surface area contributed by atoms with E-state index in [-0.39, 0.29) is 6.04 Å². The number of hydrogen-bond acceptors (Lipinski definition) is 2. The maximum atomic E-state index is 9.19. The quantitative estimate of drug-likeness (QED) is 0.836. The highest BCUT2D eigenvalue weighted by molar-refractivity contribution is 5.29. The fourth-order valence-corrected chi connectivity index (χ4v) is 1.68. The lowest BCUT2D eigenvalue weighted by Crippen LogP contribution is -2.29. The lowest BCUT2D eigenvalue weighted by molar-refractivity contribution is 0.501. The van der Waals surface area contributed by atoms with Crippen molar-refractivity contribution in [3.8, 4) is 6.07 Å². The summed E-state index contributed by atoms with van der Waals surface area (Å²) in [4.78, 5) is 0. The molecule has 0 saturated heterocycles. The Morgan fingerprint density at radius 3 is 2.06 bits per heavy atom. The predicted octanol–water partition coefficient (Wildman–Crippen LogP) is 3.76. The molecular weight excluding hydrogens is 208 g/mol. The molecule has 0 aromatic heterocycles. The number of hydrogen-bond donors (Lipinski definition) is 1. The molecule has 0 heterocycles. The van der Waals surface area contributed by atoms with E-state index in [1.807, 2.05) is 0 Å². The minimum Gasteiger partial charge on any atom is -0.296 e. The summed E-state index contributed by atoms with van der Waals surface area (Å²) in [6, 6.07) is 10.8. The zero-order valence-electron chi connectivity index (χ0n) is 11.2. The van der Waals surface area contributed by atoms with Crippen LogP contribution < -0.4 is 5.32 Å². The van der Waals surface area contributed by atoms with Crippen LogP contribution in [0.3, 0.4) is 0 Å². The van der Waals surface area contributed by atoms with Gasteiger partial charge in [0.05, 0.1) is 6.07 Å². The Kier molecular flexibility index (Phi) is 5.18. The van der Waals surface area contributed by atoms with E-state index >= 15 is 0 Å². The van der Waals surface area contributed by atoms with Gasteiger partial charge < -0.3 is 0 Å². The van der Waals surface area contributed by atoms with Gasteiger partial charge in [0, 0.05) is 6.04 Å². The minimum absolute atomic E-state index is 0.203. The second-order valence-electron chi connectivity index (χ2n) is 4.86. The number of nitrogens with one attached hydrogen (secondary N) is 1. The van der Waals surface area contributed by atoms with E-state index in [2.05, 4.69) is 63.3 Å². The van der Waals surface area contributed by atoms with Gasteiger partial charge in [-0.3, -0.25) is 5.32 Å². The zero-order chi connectivity index (χ0) is 12.8. The van der Waals surface area contributed by atoms with Crippen molar-refractivity contribution in [2.75, 3.05) is 0 Å². The van der Waals surface area contributed by atoms with E-state index in [0.29, 0.717) is 12.0 Å². The van der Waals surface area contributed by atoms with Gasteiger partial charge in [0.15, 0.2) is 0 Å². The summed E-state index contributed by atoms with van der Waals surface area (Å²) in [6.45, 7) is 8.57. The Balaban J connectivity index is 2.80. The van der Waals surface area contributed by atoms with Crippen molar-refractivity contribution in [1.82, 2.24) is 5.32 Å². The summed E-state index contributed by atoms with van der Waals surface area (Å²) in [6.07, 6.45) is 1.03. The third-order valence-electron chi connectivity index (χ3n) is 3.13. The first-order valence-electron chi connectivity index (χ1n) is 6.34. The molecule has 0 radical (unpaired) electrons. The molecule has 1 aromatic carbocycles. The normalized spacial score (nSPS) is 14.4. The average Bonchev–Trinajstić information content (AvgIpc) is 2.35. The van der Waals surface area contributed by atoms with E-state index in [9.17, 15) is 5.26 Å². The highest BCUT2D eigenvalue weighted by atomic mass is 14.9. The Morgan fingerprint density at radius 2 is 1.65 bits per heavy atom. The van der Waals surface area contributed by atoms with Crippen molar-refractivity contribution < 1.29 is 0 Å². The zero-order valence-corrected chi connectivity index (χ0v) is 11.2. The maximum absolute atomic E-state index is 9.19. The van der Waals surface area contributed by atoms with Crippen LogP contribution in [0.15, 0.2) is 24.3 Å². The van der Waals surface area contributed by atoms with Gasteiger partial charge in [-0.2, -0.15) is 5.26 Å². The summed E-state index contributed by atoms with van der Waals surface area (Å²) in [5.41, 5.74) is 2.37. The van der Waals surface area contributed by atoms with E-state index in [0.717, 1.165) is 12.0 Å². The molecule has 0 aliphatic heterocycles. The molecule has 0 aliphatic rings. The number of rotatable bonds is 5. The number of nitriles is 1. The molecule has 2 unspecified atom stereocenters. The molecule has 0 bridgehead atoms. The molecule has 2 nitrogen and oxygen atoms in total. The highest BCUT2D eigenvalue weighted by Crippen LogP contribution is 2.19. The monoisotopic (exact) mass is 230 g/mol. The smallest absolute Gasteiger partial charge is 0.121 e.